The molecule has 0 saturated carbocycles. The summed E-state index contributed by atoms with van der Waals surface area (Å²) in [7, 11) is 1.60. The summed E-state index contributed by atoms with van der Waals surface area (Å²) in [5.74, 6) is 1.77. The van der Waals surface area contributed by atoms with Crippen molar-refractivity contribution in [3.8, 4) is 11.5 Å². The first kappa shape index (κ1) is 32.1. The first-order valence-electron chi connectivity index (χ1n) is 14.6. The molecule has 2 amide bonds. The molecular formula is C33H40N4O5S. The number of hydrogen-bond donors (Lipinski definition) is 3. The van der Waals surface area contributed by atoms with Gasteiger partial charge in [0.15, 0.2) is 0 Å². The topological polar surface area (TPSA) is 112 Å². The number of methoxy groups -OCH3 is 1. The Morgan fingerprint density at radius 3 is 2.56 bits per heavy atom. The summed E-state index contributed by atoms with van der Waals surface area (Å²) in [6.07, 6.45) is 6.23. The third-order valence-corrected chi connectivity index (χ3v) is 8.02. The highest BCUT2D eigenvalue weighted by Gasteiger charge is 2.17. The van der Waals surface area contributed by atoms with Gasteiger partial charge in [0.05, 0.1) is 37.8 Å². The highest BCUT2D eigenvalue weighted by Crippen LogP contribution is 2.24. The highest BCUT2D eigenvalue weighted by atomic mass is 32.2. The number of carbonyl (C=O) groups excluding carboxylic acids is 2. The molecule has 1 fully saturated rings. The number of aliphatic hydroxyl groups is 1. The number of carbonyl (C=O) groups is 2. The van der Waals surface area contributed by atoms with Crippen molar-refractivity contribution in [2.24, 2.45) is 5.10 Å². The highest BCUT2D eigenvalue weighted by molar-refractivity contribution is 7.98. The Kier molecular flexibility index (Phi) is 12.9. The van der Waals surface area contributed by atoms with Gasteiger partial charge in [0, 0.05) is 23.6 Å². The van der Waals surface area contributed by atoms with Crippen molar-refractivity contribution in [3.05, 3.63) is 89.0 Å². The van der Waals surface area contributed by atoms with Crippen LogP contribution in [-0.2, 0) is 5.75 Å². The number of anilines is 1. The van der Waals surface area contributed by atoms with E-state index in [2.05, 4.69) is 20.7 Å². The summed E-state index contributed by atoms with van der Waals surface area (Å²) in [5, 5.41) is 16.0. The molecule has 3 N–H and O–H groups in total. The second-order valence-electron chi connectivity index (χ2n) is 10.2. The molecule has 228 valence electrons. The SMILES string of the molecule is COc1ccc(C=NNC(=O)c2cc(OCCCN3CCCCC3)ccc2NC(=O)c2cccc(CSCCO)c2)cc1. The van der Waals surface area contributed by atoms with Crippen molar-refractivity contribution in [2.75, 3.05) is 51.0 Å². The van der Waals surface area contributed by atoms with E-state index in [-0.39, 0.29) is 18.1 Å². The number of benzene rings is 3. The third-order valence-electron chi connectivity index (χ3n) is 7.01. The number of hydrogen-bond acceptors (Lipinski definition) is 8. The van der Waals surface area contributed by atoms with Gasteiger partial charge < -0.3 is 24.8 Å². The fourth-order valence-corrected chi connectivity index (χ4v) is 5.43. The number of ether oxygens (including phenoxy) is 2. The van der Waals surface area contributed by atoms with E-state index in [1.165, 1.54) is 25.5 Å². The molecule has 43 heavy (non-hydrogen) atoms. The lowest BCUT2D eigenvalue weighted by Crippen LogP contribution is -2.31. The van der Waals surface area contributed by atoms with Gasteiger partial charge in [-0.2, -0.15) is 16.9 Å². The van der Waals surface area contributed by atoms with E-state index in [4.69, 9.17) is 14.6 Å². The van der Waals surface area contributed by atoms with Crippen LogP contribution in [0, 0.1) is 0 Å². The lowest BCUT2D eigenvalue weighted by molar-refractivity contribution is 0.0955. The van der Waals surface area contributed by atoms with E-state index in [1.807, 2.05) is 42.5 Å². The maximum absolute atomic E-state index is 13.3. The molecule has 0 unspecified atom stereocenters. The summed E-state index contributed by atoms with van der Waals surface area (Å²) in [6, 6.07) is 19.7. The van der Waals surface area contributed by atoms with Crippen molar-refractivity contribution in [1.29, 1.82) is 0 Å². The van der Waals surface area contributed by atoms with Gasteiger partial charge in [-0.3, -0.25) is 9.59 Å². The largest absolute Gasteiger partial charge is 0.497 e. The normalized spacial score (nSPS) is 13.5. The Morgan fingerprint density at radius 1 is 1.00 bits per heavy atom. The van der Waals surface area contributed by atoms with Crippen molar-refractivity contribution in [1.82, 2.24) is 10.3 Å². The number of likely N-dealkylation sites (tertiary alicyclic amines) is 1. The van der Waals surface area contributed by atoms with Crippen LogP contribution in [-0.4, -0.2) is 73.7 Å². The van der Waals surface area contributed by atoms with E-state index in [1.54, 1.807) is 43.1 Å². The van der Waals surface area contributed by atoms with Gasteiger partial charge in [-0.05, 0) is 98.1 Å². The molecule has 3 aromatic carbocycles. The molecule has 1 saturated heterocycles. The second kappa shape index (κ2) is 17.3. The molecule has 0 atom stereocenters. The summed E-state index contributed by atoms with van der Waals surface area (Å²) in [6.45, 7) is 3.90. The smallest absolute Gasteiger partial charge is 0.273 e. The van der Waals surface area contributed by atoms with Crippen molar-refractivity contribution < 1.29 is 24.2 Å². The van der Waals surface area contributed by atoms with Crippen molar-refractivity contribution >= 4 is 35.5 Å². The standard InChI is InChI=1S/C33H40N4O5S/c1-41-28-11-9-25(10-12-28)23-34-36-33(40)30-22-29(42-19-6-17-37-15-3-2-4-16-37)13-14-31(30)35-32(39)27-8-5-7-26(21-27)24-43-20-18-38/h5,7-14,21-23,38H,2-4,6,15-20,24H2,1H3,(H,35,39)(H,36,40). The van der Waals surface area contributed by atoms with Crippen LogP contribution >= 0.6 is 11.8 Å². The predicted molar refractivity (Wildman–Crippen MR) is 173 cm³/mol. The van der Waals surface area contributed by atoms with Gasteiger partial charge in [-0.25, -0.2) is 5.43 Å². The Morgan fingerprint density at radius 2 is 1.79 bits per heavy atom. The molecule has 0 spiro atoms. The number of amides is 2. The van der Waals surface area contributed by atoms with E-state index < -0.39 is 5.91 Å². The first-order chi connectivity index (χ1) is 21.1. The van der Waals surface area contributed by atoms with Crippen LogP contribution in [0.5, 0.6) is 11.5 Å². The molecule has 0 aromatic heterocycles. The summed E-state index contributed by atoms with van der Waals surface area (Å²) >= 11 is 1.59. The number of hydrazone groups is 1. The van der Waals surface area contributed by atoms with Crippen LogP contribution in [0.15, 0.2) is 71.8 Å². The zero-order valence-corrected chi connectivity index (χ0v) is 25.4. The molecule has 1 heterocycles. The quantitative estimate of drug-likeness (QED) is 0.124. The molecule has 0 aliphatic carbocycles. The van der Waals surface area contributed by atoms with E-state index in [0.29, 0.717) is 35.1 Å². The van der Waals surface area contributed by atoms with Gasteiger partial charge in [-0.15, -0.1) is 0 Å². The number of rotatable bonds is 15. The Bertz CT molecular complexity index is 1360. The zero-order valence-electron chi connectivity index (χ0n) is 24.6. The lowest BCUT2D eigenvalue weighted by atomic mass is 10.1. The number of piperidine rings is 1. The molecular weight excluding hydrogens is 564 g/mol. The Labute approximate surface area is 257 Å². The van der Waals surface area contributed by atoms with Crippen LogP contribution in [0.2, 0.25) is 0 Å². The van der Waals surface area contributed by atoms with Crippen LogP contribution in [0.4, 0.5) is 5.69 Å². The Hall–Kier alpha value is -3.86. The fraction of sp³-hybridized carbons (Fsp3) is 0.364. The van der Waals surface area contributed by atoms with Crippen LogP contribution < -0.4 is 20.2 Å². The van der Waals surface area contributed by atoms with E-state index >= 15 is 0 Å². The van der Waals surface area contributed by atoms with Crippen molar-refractivity contribution in [3.63, 3.8) is 0 Å². The average Bonchev–Trinajstić information content (AvgIpc) is 3.04. The summed E-state index contributed by atoms with van der Waals surface area (Å²) in [4.78, 5) is 28.9. The van der Waals surface area contributed by atoms with Crippen LogP contribution in [0.1, 0.15) is 57.5 Å². The van der Waals surface area contributed by atoms with Crippen molar-refractivity contribution in [2.45, 2.75) is 31.4 Å². The first-order valence-corrected chi connectivity index (χ1v) is 15.8. The maximum Gasteiger partial charge on any atom is 0.273 e. The van der Waals surface area contributed by atoms with E-state index in [0.717, 1.165) is 42.9 Å². The molecule has 3 aromatic rings. The molecule has 0 bridgehead atoms. The number of nitrogens with zero attached hydrogens (tertiary/aromatic N) is 2. The Balaban J connectivity index is 1.45. The van der Waals surface area contributed by atoms with E-state index in [9.17, 15) is 9.59 Å². The molecule has 10 heteroatoms. The lowest BCUT2D eigenvalue weighted by Gasteiger charge is -2.26. The fourth-order valence-electron chi connectivity index (χ4n) is 4.74. The molecule has 1 aliphatic heterocycles. The number of thioether (sulfide) groups is 1. The van der Waals surface area contributed by atoms with Crippen LogP contribution in [0.3, 0.4) is 0 Å². The van der Waals surface area contributed by atoms with Gasteiger partial charge in [-0.1, -0.05) is 18.6 Å². The summed E-state index contributed by atoms with van der Waals surface area (Å²) in [5.41, 5.74) is 5.40. The number of nitrogens with one attached hydrogen (secondary N) is 2. The monoisotopic (exact) mass is 604 g/mol. The minimum absolute atomic E-state index is 0.109. The van der Waals surface area contributed by atoms with Gasteiger partial charge >= 0.3 is 0 Å². The number of aliphatic hydroxyl groups excluding tert-OH is 1. The molecule has 9 nitrogen and oxygen atoms in total. The summed E-state index contributed by atoms with van der Waals surface area (Å²) < 4.78 is 11.2. The molecule has 0 radical (unpaired) electrons. The second-order valence-corrected chi connectivity index (χ2v) is 11.3. The predicted octanol–water partition coefficient (Wildman–Crippen LogP) is 5.19. The maximum atomic E-state index is 13.3. The molecule has 1 aliphatic rings. The van der Waals surface area contributed by atoms with Gasteiger partial charge in [0.2, 0.25) is 0 Å². The van der Waals surface area contributed by atoms with Crippen LogP contribution in [0.25, 0.3) is 0 Å². The third kappa shape index (κ3) is 10.4. The minimum Gasteiger partial charge on any atom is -0.497 e. The minimum atomic E-state index is -0.479. The van der Waals surface area contributed by atoms with Gasteiger partial charge in [0.25, 0.3) is 11.8 Å². The zero-order chi connectivity index (χ0) is 30.3. The van der Waals surface area contributed by atoms with Gasteiger partial charge in [0.1, 0.15) is 11.5 Å². The average molecular weight is 605 g/mol. The molecule has 4 rings (SSSR count).